The molecule has 3 saturated carbocycles. The molecule has 2 N–H and O–H groups in total. The van der Waals surface area contributed by atoms with E-state index in [1.165, 1.54) is 36.8 Å². The lowest BCUT2D eigenvalue weighted by Gasteiger charge is -2.29. The second kappa shape index (κ2) is 10.4. The normalized spacial score (nSPS) is 23.1. The summed E-state index contributed by atoms with van der Waals surface area (Å²) in [5, 5.41) is 2.14. The number of ether oxygens (including phenoxy) is 2. The number of hydrogen-bond acceptors (Lipinski definition) is 9. The third-order valence-corrected chi connectivity index (χ3v) is 9.52. The Labute approximate surface area is 239 Å². The number of aromatic nitrogens is 4. The van der Waals surface area contributed by atoms with Gasteiger partial charge >= 0.3 is 6.36 Å². The fourth-order valence-electron chi connectivity index (χ4n) is 5.45. The molecule has 1 aromatic carbocycles. The lowest BCUT2D eigenvalue weighted by molar-refractivity contribution is -0.274. The van der Waals surface area contributed by atoms with Gasteiger partial charge in [-0.25, -0.2) is 23.4 Å². The van der Waals surface area contributed by atoms with Gasteiger partial charge in [-0.2, -0.15) is 0 Å². The zero-order valence-corrected chi connectivity index (χ0v) is 23.2. The molecule has 3 aromatic rings. The van der Waals surface area contributed by atoms with Crippen LogP contribution < -0.4 is 19.5 Å². The molecule has 2 atom stereocenters. The van der Waals surface area contributed by atoms with E-state index in [2.05, 4.69) is 34.7 Å². The van der Waals surface area contributed by atoms with Gasteiger partial charge in [0.1, 0.15) is 17.1 Å². The number of amides is 1. The van der Waals surface area contributed by atoms with Crippen LogP contribution in [-0.4, -0.2) is 52.5 Å². The highest BCUT2D eigenvalue weighted by Crippen LogP contribution is 2.60. The molecule has 0 spiro atoms. The molecule has 3 aliphatic rings. The lowest BCUT2D eigenvalue weighted by atomic mass is 9.80. The first kappa shape index (κ1) is 28.1. The predicted molar refractivity (Wildman–Crippen MR) is 144 cm³/mol. The van der Waals surface area contributed by atoms with Crippen molar-refractivity contribution in [1.29, 1.82) is 0 Å². The zero-order valence-electron chi connectivity index (χ0n) is 22.4. The summed E-state index contributed by atoms with van der Waals surface area (Å²) in [4.78, 5) is 30.9. The number of nitrogens with zero attached hydrogens (tertiary/aromatic N) is 4. The number of rotatable bonds is 10. The van der Waals surface area contributed by atoms with Gasteiger partial charge < -0.3 is 14.8 Å². The number of carbonyl (C=O) groups excluding carboxylic acids is 1. The minimum Gasteiger partial charge on any atom is -0.477 e. The van der Waals surface area contributed by atoms with E-state index < -0.39 is 38.7 Å². The van der Waals surface area contributed by atoms with E-state index in [0.29, 0.717) is 32.3 Å². The van der Waals surface area contributed by atoms with Crippen molar-refractivity contribution in [2.24, 2.45) is 11.8 Å². The zero-order chi connectivity index (χ0) is 29.7. The quantitative estimate of drug-likeness (QED) is 0.343. The van der Waals surface area contributed by atoms with Gasteiger partial charge in [-0.15, -0.1) is 13.2 Å². The van der Waals surface area contributed by atoms with Gasteiger partial charge in [0.05, 0.1) is 35.6 Å². The van der Waals surface area contributed by atoms with Crippen LogP contribution in [0.1, 0.15) is 44.9 Å². The maximum absolute atomic E-state index is 13.9. The fourth-order valence-corrected chi connectivity index (χ4v) is 6.78. The van der Waals surface area contributed by atoms with E-state index in [0.717, 1.165) is 12.5 Å². The van der Waals surface area contributed by atoms with Gasteiger partial charge in [-0.3, -0.25) is 14.5 Å². The molecule has 2 unspecified atom stereocenters. The highest BCUT2D eigenvalue weighted by atomic mass is 32.2. The Bertz CT molecular complexity index is 1620. The molecule has 0 radical (unpaired) electrons. The number of halogens is 3. The summed E-state index contributed by atoms with van der Waals surface area (Å²) in [6.07, 6.45) is 1.91. The molecule has 2 heterocycles. The molecule has 42 heavy (non-hydrogen) atoms. The monoisotopic (exact) mass is 604 g/mol. The van der Waals surface area contributed by atoms with Crippen molar-refractivity contribution >= 4 is 27.4 Å². The average Bonchev–Trinajstić information content (AvgIpc) is 3.87. The summed E-state index contributed by atoms with van der Waals surface area (Å²) < 4.78 is 77.4. The number of benzene rings is 1. The first-order chi connectivity index (χ1) is 20.0. The Hall–Kier alpha value is -4.01. The van der Waals surface area contributed by atoms with E-state index in [1.807, 2.05) is 0 Å². The standard InChI is InChI=1S/C27H27F3N6O5S/c1-2-40-23-14-31-13-20(33-23)15-3-6-19(21(10-15)41-27(28,29)30)34-25(37)26(11-16-9-17(16)12-26)24-32-8-7-22(35-24)36-42(38,39)18-4-5-18/h3,6-8,10,13-14,16-18H,2,4-5,9,11-12H2,1H3,(H,34,37)(H,32,35,36). The van der Waals surface area contributed by atoms with E-state index in [-0.39, 0.29) is 46.3 Å². The summed E-state index contributed by atoms with van der Waals surface area (Å²) in [7, 11) is -3.61. The van der Waals surface area contributed by atoms with Gasteiger partial charge in [0.2, 0.25) is 21.8 Å². The highest BCUT2D eigenvalue weighted by molar-refractivity contribution is 7.93. The van der Waals surface area contributed by atoms with Crippen LogP contribution >= 0.6 is 0 Å². The van der Waals surface area contributed by atoms with Crippen LogP contribution in [-0.2, 0) is 20.2 Å². The van der Waals surface area contributed by atoms with E-state index in [4.69, 9.17) is 4.74 Å². The largest absolute Gasteiger partial charge is 0.573 e. The molecule has 15 heteroatoms. The Balaban J connectivity index is 1.31. The van der Waals surface area contributed by atoms with Gasteiger partial charge in [0.25, 0.3) is 0 Å². The average molecular weight is 605 g/mol. The number of carbonyl (C=O) groups is 1. The molecule has 6 rings (SSSR count). The first-order valence-corrected chi connectivity index (χ1v) is 15.0. The maximum Gasteiger partial charge on any atom is 0.573 e. The van der Waals surface area contributed by atoms with E-state index >= 15 is 0 Å². The number of hydrogen-bond donors (Lipinski definition) is 2. The minimum atomic E-state index is -5.04. The Morgan fingerprint density at radius 2 is 1.88 bits per heavy atom. The van der Waals surface area contributed by atoms with E-state index in [9.17, 15) is 26.4 Å². The van der Waals surface area contributed by atoms with Crippen LogP contribution in [0.5, 0.6) is 11.6 Å². The number of anilines is 2. The van der Waals surface area contributed by atoms with Crippen LogP contribution in [0.15, 0.2) is 42.9 Å². The summed E-state index contributed by atoms with van der Waals surface area (Å²) in [6.45, 7) is 2.09. The van der Waals surface area contributed by atoms with Crippen molar-refractivity contribution in [3.63, 3.8) is 0 Å². The predicted octanol–water partition coefficient (Wildman–Crippen LogP) is 4.44. The Morgan fingerprint density at radius 1 is 1.12 bits per heavy atom. The summed E-state index contributed by atoms with van der Waals surface area (Å²) in [6, 6.07) is 5.31. The first-order valence-electron chi connectivity index (χ1n) is 13.5. The van der Waals surface area contributed by atoms with Crippen molar-refractivity contribution < 1.29 is 35.9 Å². The van der Waals surface area contributed by atoms with Gasteiger partial charge in [0.15, 0.2) is 5.75 Å². The smallest absolute Gasteiger partial charge is 0.477 e. The van der Waals surface area contributed by atoms with Crippen molar-refractivity contribution in [2.75, 3.05) is 16.6 Å². The molecule has 3 fully saturated rings. The maximum atomic E-state index is 13.9. The third kappa shape index (κ3) is 5.82. The van der Waals surface area contributed by atoms with Crippen molar-refractivity contribution in [2.45, 2.75) is 56.1 Å². The molecule has 2 aromatic heterocycles. The van der Waals surface area contributed by atoms with Crippen LogP contribution in [0.2, 0.25) is 0 Å². The molecule has 0 bridgehead atoms. The number of fused-ring (bicyclic) bond motifs is 1. The lowest BCUT2D eigenvalue weighted by Crippen LogP contribution is -2.41. The molecular formula is C27H27F3N6O5S. The van der Waals surface area contributed by atoms with E-state index in [1.54, 1.807) is 6.92 Å². The van der Waals surface area contributed by atoms with Gasteiger partial charge in [-0.1, -0.05) is 6.07 Å². The third-order valence-electron chi connectivity index (χ3n) is 7.67. The number of nitrogens with one attached hydrogen (secondary N) is 2. The fraction of sp³-hybridized carbons (Fsp3) is 0.444. The molecule has 0 aliphatic heterocycles. The molecule has 3 aliphatic carbocycles. The number of sulfonamides is 1. The molecule has 0 saturated heterocycles. The SMILES string of the molecule is CCOc1cncc(-c2ccc(NC(=O)C3(c4nccc(NS(=O)(=O)C5CC5)n4)CC4CC4C3)c(OC(F)(F)F)c2)n1. The molecule has 222 valence electrons. The minimum absolute atomic E-state index is 0.0421. The van der Waals surface area contributed by atoms with Crippen LogP contribution in [0.3, 0.4) is 0 Å². The molecular weight excluding hydrogens is 577 g/mol. The summed E-state index contributed by atoms with van der Waals surface area (Å²) in [5.41, 5.74) is -0.963. The molecule has 1 amide bonds. The summed E-state index contributed by atoms with van der Waals surface area (Å²) in [5.74, 6) is -0.390. The number of alkyl halides is 3. The van der Waals surface area contributed by atoms with Crippen molar-refractivity contribution in [1.82, 2.24) is 19.9 Å². The molecule has 11 nitrogen and oxygen atoms in total. The van der Waals surface area contributed by atoms with Crippen LogP contribution in [0, 0.1) is 11.8 Å². The second-order valence-corrected chi connectivity index (χ2v) is 12.7. The second-order valence-electron chi connectivity index (χ2n) is 10.7. The topological polar surface area (TPSA) is 145 Å². The van der Waals surface area contributed by atoms with Gasteiger partial charge in [-0.05, 0) is 69.1 Å². The summed E-state index contributed by atoms with van der Waals surface area (Å²) >= 11 is 0. The van der Waals surface area contributed by atoms with Crippen LogP contribution in [0.25, 0.3) is 11.3 Å². The highest BCUT2D eigenvalue weighted by Gasteiger charge is 2.60. The van der Waals surface area contributed by atoms with Gasteiger partial charge in [0, 0.05) is 11.8 Å². The van der Waals surface area contributed by atoms with Crippen molar-refractivity contribution in [3.8, 4) is 22.9 Å². The Morgan fingerprint density at radius 3 is 2.57 bits per heavy atom. The Kier molecular flexibility index (Phi) is 6.94. The van der Waals surface area contributed by atoms with Crippen LogP contribution in [0.4, 0.5) is 24.7 Å². The van der Waals surface area contributed by atoms with Crippen molar-refractivity contribution in [3.05, 3.63) is 48.7 Å².